The maximum Gasteiger partial charge on any atom is 0.217 e. The van der Waals surface area contributed by atoms with Crippen LogP contribution in [0.25, 0.3) is 10.4 Å². The van der Waals surface area contributed by atoms with Crippen LogP contribution < -0.4 is 0 Å². The summed E-state index contributed by atoms with van der Waals surface area (Å²) < 4.78 is 21.0. The van der Waals surface area contributed by atoms with Crippen molar-refractivity contribution in [1.29, 1.82) is 0 Å². The van der Waals surface area contributed by atoms with Crippen LogP contribution in [0.5, 0.6) is 0 Å². The van der Waals surface area contributed by atoms with Crippen molar-refractivity contribution in [2.45, 2.75) is 6.42 Å². The number of azide groups is 1. The Hall–Kier alpha value is -1.52. The van der Waals surface area contributed by atoms with Crippen molar-refractivity contribution in [3.05, 3.63) is 34.2 Å². The van der Waals surface area contributed by atoms with E-state index in [9.17, 15) is 8.42 Å². The average Bonchev–Trinajstić information content (AvgIpc) is 2.15. The molecule has 68 valence electrons. The van der Waals surface area contributed by atoms with Crippen LogP contribution in [0.1, 0.15) is 6.42 Å². The molecule has 0 aromatic heterocycles. The second kappa shape index (κ2) is 4.49. The van der Waals surface area contributed by atoms with Crippen molar-refractivity contribution in [2.24, 2.45) is 5.11 Å². The summed E-state index contributed by atoms with van der Waals surface area (Å²) in [6.07, 6.45) is 5.28. The van der Waals surface area contributed by atoms with Crippen LogP contribution >= 0.6 is 0 Å². The first-order valence-electron chi connectivity index (χ1n) is 3.57. The molecule has 13 heavy (non-hydrogen) atoms. The summed E-state index contributed by atoms with van der Waals surface area (Å²) in [5.74, 6) is 0. The van der Waals surface area contributed by atoms with Crippen LogP contribution in [-0.4, -0.2) is 19.8 Å². The molecular formula is C7H7N3O2S. The normalized spacial score (nSPS) is 14.8. The molecule has 6 heteroatoms. The van der Waals surface area contributed by atoms with E-state index < -0.39 is 10.3 Å². The number of hydrogen-bond donors (Lipinski definition) is 0. The van der Waals surface area contributed by atoms with E-state index in [1.807, 2.05) is 0 Å². The Morgan fingerprint density at radius 1 is 1.54 bits per heavy atom. The van der Waals surface area contributed by atoms with Crippen LogP contribution in [0, 0.1) is 0 Å². The summed E-state index contributed by atoms with van der Waals surface area (Å²) in [5.41, 5.74) is 8.88. The van der Waals surface area contributed by atoms with E-state index in [2.05, 4.69) is 10.0 Å². The Labute approximate surface area is 76.5 Å². The molecule has 0 bridgehead atoms. The van der Waals surface area contributed by atoms with Crippen molar-refractivity contribution in [2.75, 3.05) is 6.54 Å². The highest BCUT2D eigenvalue weighted by Crippen LogP contribution is 2.07. The predicted molar refractivity (Wildman–Crippen MR) is 49.8 cm³/mol. The zero-order valence-corrected chi connectivity index (χ0v) is 7.53. The van der Waals surface area contributed by atoms with Crippen LogP contribution in [0.2, 0.25) is 0 Å². The van der Waals surface area contributed by atoms with Crippen LogP contribution in [-0.2, 0) is 10.3 Å². The maximum absolute atomic E-state index is 10.5. The van der Waals surface area contributed by atoms with Gasteiger partial charge in [0.1, 0.15) is 0 Å². The van der Waals surface area contributed by atoms with Crippen LogP contribution in [0.4, 0.5) is 0 Å². The van der Waals surface area contributed by atoms with Crippen molar-refractivity contribution < 1.29 is 8.42 Å². The van der Waals surface area contributed by atoms with Gasteiger partial charge in [-0.25, -0.2) is 0 Å². The standard InChI is InChI=1S/C7H7N3O2S/c8-10-9-5-6-1-3-7(4-2-6)13(11)12/h1-3H,4-5H2. The molecule has 0 saturated carbocycles. The lowest BCUT2D eigenvalue weighted by Crippen LogP contribution is -2.00. The molecule has 0 aliphatic heterocycles. The van der Waals surface area contributed by atoms with Crippen molar-refractivity contribution >= 4 is 15.2 Å². The molecule has 0 atom stereocenters. The van der Waals surface area contributed by atoms with Crippen molar-refractivity contribution in [3.8, 4) is 0 Å². The van der Waals surface area contributed by atoms with E-state index in [1.54, 1.807) is 12.2 Å². The SMILES string of the molecule is [N-]=[N+]=NCC1=CCC(=S(=O)=O)C=C1. The molecule has 1 aliphatic carbocycles. The molecule has 0 heterocycles. The zero-order valence-electron chi connectivity index (χ0n) is 6.71. The van der Waals surface area contributed by atoms with Gasteiger partial charge in [0.2, 0.25) is 10.3 Å². The Morgan fingerprint density at radius 2 is 2.31 bits per heavy atom. The number of nitrogens with zero attached hydrogens (tertiary/aromatic N) is 3. The van der Waals surface area contributed by atoms with Crippen molar-refractivity contribution in [1.82, 2.24) is 0 Å². The monoisotopic (exact) mass is 197 g/mol. The molecule has 0 fully saturated rings. The van der Waals surface area contributed by atoms with Crippen molar-refractivity contribution in [3.63, 3.8) is 0 Å². The minimum Gasteiger partial charge on any atom is -0.184 e. The van der Waals surface area contributed by atoms with Gasteiger partial charge in [-0.2, -0.15) is 8.42 Å². The van der Waals surface area contributed by atoms with Gasteiger partial charge in [-0.3, -0.25) is 0 Å². The first kappa shape index (κ1) is 9.57. The molecular weight excluding hydrogens is 190 g/mol. The average molecular weight is 197 g/mol. The lowest BCUT2D eigenvalue weighted by Gasteiger charge is -2.02. The Bertz CT molecular complexity index is 430. The fourth-order valence-electron chi connectivity index (χ4n) is 0.922. The van der Waals surface area contributed by atoms with Crippen LogP contribution in [0.3, 0.4) is 0 Å². The molecule has 0 unspecified atom stereocenters. The largest absolute Gasteiger partial charge is 0.217 e. The van der Waals surface area contributed by atoms with Gasteiger partial charge in [0, 0.05) is 11.3 Å². The van der Waals surface area contributed by atoms with Crippen LogP contribution in [0.15, 0.2) is 28.9 Å². The fraction of sp³-hybridized carbons (Fsp3) is 0.286. The summed E-state index contributed by atoms with van der Waals surface area (Å²) in [6.45, 7) is 0.270. The summed E-state index contributed by atoms with van der Waals surface area (Å²) >= 11 is 0. The highest BCUT2D eigenvalue weighted by atomic mass is 32.2. The maximum atomic E-state index is 10.5. The third-order valence-corrected chi connectivity index (χ3v) is 2.31. The van der Waals surface area contributed by atoms with E-state index in [0.717, 1.165) is 5.57 Å². The highest BCUT2D eigenvalue weighted by molar-refractivity contribution is 7.73. The summed E-state index contributed by atoms with van der Waals surface area (Å²) in [4.78, 5) is 2.96. The van der Waals surface area contributed by atoms with Gasteiger partial charge in [-0.05, 0) is 17.2 Å². The van der Waals surface area contributed by atoms with E-state index in [4.69, 9.17) is 5.53 Å². The van der Waals surface area contributed by atoms with Gasteiger partial charge in [0.05, 0.1) is 11.4 Å². The molecule has 1 rings (SSSR count). The van der Waals surface area contributed by atoms with Gasteiger partial charge in [-0.1, -0.05) is 17.3 Å². The number of hydrogen-bond acceptors (Lipinski definition) is 3. The molecule has 5 nitrogen and oxygen atoms in total. The summed E-state index contributed by atoms with van der Waals surface area (Å²) in [7, 11) is -2.14. The zero-order chi connectivity index (χ0) is 9.68. The van der Waals surface area contributed by atoms with E-state index in [0.29, 0.717) is 11.3 Å². The molecule has 0 spiro atoms. The molecule has 0 aromatic rings. The topological polar surface area (TPSA) is 82.9 Å². The lowest BCUT2D eigenvalue weighted by atomic mass is 10.1. The first-order valence-corrected chi connectivity index (χ1v) is 4.64. The number of rotatable bonds is 2. The third-order valence-electron chi connectivity index (χ3n) is 1.58. The van der Waals surface area contributed by atoms with Gasteiger partial charge in [0.25, 0.3) is 0 Å². The quantitative estimate of drug-likeness (QED) is 0.288. The van der Waals surface area contributed by atoms with Gasteiger partial charge in [-0.15, -0.1) is 0 Å². The van der Waals surface area contributed by atoms with E-state index in [-0.39, 0.29) is 6.54 Å². The first-order chi connectivity index (χ1) is 6.24. The highest BCUT2D eigenvalue weighted by Gasteiger charge is 2.02. The van der Waals surface area contributed by atoms with Gasteiger partial charge in [0.15, 0.2) is 0 Å². The third kappa shape index (κ3) is 2.77. The lowest BCUT2D eigenvalue weighted by molar-refractivity contribution is 0.627. The molecule has 0 N–H and O–H groups in total. The minimum absolute atomic E-state index is 0.270. The summed E-state index contributed by atoms with van der Waals surface area (Å²) in [6, 6.07) is 0. The Balaban J connectivity index is 2.76. The Kier molecular flexibility index (Phi) is 3.31. The van der Waals surface area contributed by atoms with Gasteiger partial charge < -0.3 is 0 Å². The number of allylic oxidation sites excluding steroid dienone is 2. The van der Waals surface area contributed by atoms with E-state index in [1.165, 1.54) is 6.08 Å². The minimum atomic E-state index is -2.14. The molecule has 0 saturated heterocycles. The smallest absolute Gasteiger partial charge is 0.184 e. The Morgan fingerprint density at radius 3 is 2.77 bits per heavy atom. The molecule has 0 aromatic carbocycles. The predicted octanol–water partition coefficient (Wildman–Crippen LogP) is 1.23. The second-order valence-electron chi connectivity index (χ2n) is 2.41. The van der Waals surface area contributed by atoms with Gasteiger partial charge >= 0.3 is 0 Å². The molecule has 1 aliphatic rings. The van der Waals surface area contributed by atoms with E-state index >= 15 is 0 Å². The molecule has 0 amide bonds. The summed E-state index contributed by atoms with van der Waals surface area (Å²) in [5, 5.41) is 3.36. The fourth-order valence-corrected chi connectivity index (χ4v) is 1.32. The molecule has 0 radical (unpaired) electrons. The second-order valence-corrected chi connectivity index (χ2v) is 3.40.